The van der Waals surface area contributed by atoms with Gasteiger partial charge >= 0.3 is 0 Å². The summed E-state index contributed by atoms with van der Waals surface area (Å²) in [5, 5.41) is 0. The molecule has 17 heavy (non-hydrogen) atoms. The molecule has 0 atom stereocenters. The molecule has 88 valence electrons. The first kappa shape index (κ1) is 11.7. The smallest absolute Gasteiger partial charge is 0.00870 e. The van der Waals surface area contributed by atoms with Gasteiger partial charge in [0.1, 0.15) is 0 Å². The van der Waals surface area contributed by atoms with Crippen molar-refractivity contribution in [1.82, 2.24) is 4.98 Å². The summed E-state index contributed by atoms with van der Waals surface area (Å²) in [4.78, 5) is 3.18. The van der Waals surface area contributed by atoms with Crippen molar-refractivity contribution < 1.29 is 0 Å². The zero-order chi connectivity index (χ0) is 12.3. The second kappa shape index (κ2) is 5.05. The highest BCUT2D eigenvalue weighted by Crippen LogP contribution is 2.24. The number of aromatic amines is 1. The van der Waals surface area contributed by atoms with Crippen LogP contribution in [0.2, 0.25) is 0 Å². The van der Waals surface area contributed by atoms with E-state index in [1.54, 1.807) is 0 Å². The Bertz CT molecular complexity index is 503. The molecule has 1 nitrogen and oxygen atoms in total. The first-order chi connectivity index (χ1) is 8.20. The van der Waals surface area contributed by atoms with Gasteiger partial charge in [0.15, 0.2) is 0 Å². The fourth-order valence-corrected chi connectivity index (χ4v) is 2.11. The molecule has 0 amide bonds. The predicted molar refractivity (Wildman–Crippen MR) is 74.1 cm³/mol. The number of allylic oxidation sites excluding steroid dienone is 1. The summed E-state index contributed by atoms with van der Waals surface area (Å²) in [7, 11) is 0. The minimum atomic E-state index is 0.966. The van der Waals surface area contributed by atoms with E-state index in [0.29, 0.717) is 0 Å². The number of hydrogen-bond acceptors (Lipinski definition) is 0. The highest BCUT2D eigenvalue weighted by molar-refractivity contribution is 5.67. The highest BCUT2D eigenvalue weighted by Gasteiger charge is 2.04. The molecule has 1 N–H and O–H groups in total. The van der Waals surface area contributed by atoms with Crippen LogP contribution in [-0.4, -0.2) is 4.98 Å². The van der Waals surface area contributed by atoms with Gasteiger partial charge in [0, 0.05) is 18.0 Å². The van der Waals surface area contributed by atoms with E-state index < -0.39 is 0 Å². The molecule has 0 unspecified atom stereocenters. The first-order valence-electron chi connectivity index (χ1n) is 6.10. The van der Waals surface area contributed by atoms with Gasteiger partial charge in [-0.25, -0.2) is 0 Å². The van der Waals surface area contributed by atoms with Crippen molar-refractivity contribution in [3.05, 3.63) is 59.9 Å². The molecule has 0 aliphatic carbocycles. The van der Waals surface area contributed by atoms with Gasteiger partial charge in [0.05, 0.1) is 0 Å². The quantitative estimate of drug-likeness (QED) is 0.744. The summed E-state index contributed by atoms with van der Waals surface area (Å²) < 4.78 is 0. The Hall–Kier alpha value is -1.76. The third-order valence-corrected chi connectivity index (χ3v) is 2.98. The minimum Gasteiger partial charge on any atom is -0.367 e. The van der Waals surface area contributed by atoms with Gasteiger partial charge in [-0.15, -0.1) is 0 Å². The normalized spacial score (nSPS) is 10.5. The average Bonchev–Trinajstić information content (AvgIpc) is 2.77. The second-order valence-corrected chi connectivity index (χ2v) is 4.58. The standard InChI is InChI=1S/C16H19N/c1-4-14-10-17-11-16(14)15-7-5-13(6-8-15)9-12(2)3/h5-8,10-11,17H,2,4,9H2,1,3H3. The molecule has 0 radical (unpaired) electrons. The van der Waals surface area contributed by atoms with Gasteiger partial charge in [-0.2, -0.15) is 0 Å². The van der Waals surface area contributed by atoms with E-state index >= 15 is 0 Å². The van der Waals surface area contributed by atoms with Crippen molar-refractivity contribution in [1.29, 1.82) is 0 Å². The lowest BCUT2D eigenvalue weighted by Crippen LogP contribution is -1.86. The largest absolute Gasteiger partial charge is 0.367 e. The Kier molecular flexibility index (Phi) is 3.48. The van der Waals surface area contributed by atoms with Crippen molar-refractivity contribution in [2.45, 2.75) is 26.7 Å². The first-order valence-corrected chi connectivity index (χ1v) is 6.10. The third-order valence-electron chi connectivity index (χ3n) is 2.98. The topological polar surface area (TPSA) is 15.8 Å². The average molecular weight is 225 g/mol. The Morgan fingerprint density at radius 2 is 1.88 bits per heavy atom. The molecular weight excluding hydrogens is 206 g/mol. The zero-order valence-electron chi connectivity index (χ0n) is 10.6. The van der Waals surface area contributed by atoms with E-state index in [1.807, 2.05) is 0 Å². The SMILES string of the molecule is C=C(C)Cc1ccc(-c2c[nH]cc2CC)cc1. The van der Waals surface area contributed by atoms with Gasteiger partial charge in [-0.05, 0) is 36.5 Å². The third kappa shape index (κ3) is 2.68. The number of aryl methyl sites for hydroxylation is 1. The predicted octanol–water partition coefficient (Wildman–Crippen LogP) is 4.36. The lowest BCUT2D eigenvalue weighted by molar-refractivity contribution is 1.14. The summed E-state index contributed by atoms with van der Waals surface area (Å²) in [5.74, 6) is 0. The van der Waals surface area contributed by atoms with Crippen LogP contribution < -0.4 is 0 Å². The van der Waals surface area contributed by atoms with Crippen LogP contribution in [0.5, 0.6) is 0 Å². The number of benzene rings is 1. The molecule has 0 saturated heterocycles. The van der Waals surface area contributed by atoms with E-state index in [1.165, 1.54) is 27.8 Å². The fourth-order valence-electron chi connectivity index (χ4n) is 2.11. The van der Waals surface area contributed by atoms with Gasteiger partial charge in [-0.3, -0.25) is 0 Å². The van der Waals surface area contributed by atoms with Gasteiger partial charge in [0.2, 0.25) is 0 Å². The van der Waals surface area contributed by atoms with Crippen LogP contribution in [0.25, 0.3) is 11.1 Å². The molecule has 2 rings (SSSR count). The van der Waals surface area contributed by atoms with Crippen LogP contribution in [0.15, 0.2) is 48.8 Å². The number of rotatable bonds is 4. The van der Waals surface area contributed by atoms with Crippen LogP contribution in [-0.2, 0) is 12.8 Å². The van der Waals surface area contributed by atoms with E-state index in [0.717, 1.165) is 12.8 Å². The Morgan fingerprint density at radius 1 is 1.18 bits per heavy atom. The van der Waals surface area contributed by atoms with E-state index in [4.69, 9.17) is 0 Å². The summed E-state index contributed by atoms with van der Waals surface area (Å²) in [6.45, 7) is 8.19. The van der Waals surface area contributed by atoms with Crippen molar-refractivity contribution in [2.24, 2.45) is 0 Å². The number of hydrogen-bond donors (Lipinski definition) is 1. The molecule has 0 fully saturated rings. The molecule has 1 aromatic heterocycles. The minimum absolute atomic E-state index is 0.966. The Balaban J connectivity index is 2.26. The number of aromatic nitrogens is 1. The zero-order valence-corrected chi connectivity index (χ0v) is 10.6. The van der Waals surface area contributed by atoms with Crippen molar-refractivity contribution in [3.63, 3.8) is 0 Å². The van der Waals surface area contributed by atoms with Crippen molar-refractivity contribution in [3.8, 4) is 11.1 Å². The van der Waals surface area contributed by atoms with Crippen LogP contribution in [0, 0.1) is 0 Å². The maximum Gasteiger partial charge on any atom is 0.00870 e. The Labute approximate surface area is 103 Å². The molecule has 0 spiro atoms. The monoisotopic (exact) mass is 225 g/mol. The van der Waals surface area contributed by atoms with Crippen LogP contribution in [0.4, 0.5) is 0 Å². The maximum atomic E-state index is 3.95. The van der Waals surface area contributed by atoms with Gasteiger partial charge in [-0.1, -0.05) is 43.3 Å². The van der Waals surface area contributed by atoms with Gasteiger partial charge in [0.25, 0.3) is 0 Å². The number of nitrogens with one attached hydrogen (secondary N) is 1. The molecule has 1 aromatic carbocycles. The summed E-state index contributed by atoms with van der Waals surface area (Å²) in [6, 6.07) is 8.77. The van der Waals surface area contributed by atoms with Crippen LogP contribution >= 0.6 is 0 Å². The van der Waals surface area contributed by atoms with Crippen molar-refractivity contribution in [2.75, 3.05) is 0 Å². The molecular formula is C16H19N. The van der Waals surface area contributed by atoms with Crippen LogP contribution in [0.3, 0.4) is 0 Å². The van der Waals surface area contributed by atoms with E-state index in [2.05, 4.69) is 62.1 Å². The molecule has 0 bridgehead atoms. The second-order valence-electron chi connectivity index (χ2n) is 4.58. The summed E-state index contributed by atoms with van der Waals surface area (Å²) in [6.07, 6.45) is 6.18. The lowest BCUT2D eigenvalue weighted by atomic mass is 10.00. The molecule has 0 saturated carbocycles. The van der Waals surface area contributed by atoms with Crippen molar-refractivity contribution >= 4 is 0 Å². The molecule has 0 aliphatic heterocycles. The highest BCUT2D eigenvalue weighted by atomic mass is 14.6. The van der Waals surface area contributed by atoms with Gasteiger partial charge < -0.3 is 4.98 Å². The molecule has 1 heteroatoms. The Morgan fingerprint density at radius 3 is 2.47 bits per heavy atom. The summed E-state index contributed by atoms with van der Waals surface area (Å²) >= 11 is 0. The van der Waals surface area contributed by atoms with E-state index in [9.17, 15) is 0 Å². The van der Waals surface area contributed by atoms with E-state index in [-0.39, 0.29) is 0 Å². The van der Waals surface area contributed by atoms with Crippen LogP contribution in [0.1, 0.15) is 25.0 Å². The molecule has 0 aliphatic rings. The molecule has 2 aromatic rings. The fraction of sp³-hybridized carbons (Fsp3) is 0.250. The molecule has 1 heterocycles. The lowest BCUT2D eigenvalue weighted by Gasteiger charge is -2.04. The number of H-pyrrole nitrogens is 1. The summed E-state index contributed by atoms with van der Waals surface area (Å²) in [5.41, 5.74) is 6.50. The maximum absolute atomic E-state index is 3.95.